The van der Waals surface area contributed by atoms with E-state index in [1.165, 1.54) is 0 Å². The van der Waals surface area contributed by atoms with E-state index in [9.17, 15) is 0 Å². The molecule has 90 valence electrons. The van der Waals surface area contributed by atoms with E-state index in [1.54, 1.807) is 12.4 Å². The number of nitrogens with zero attached hydrogens (tertiary/aromatic N) is 3. The van der Waals surface area contributed by atoms with Gasteiger partial charge in [-0.25, -0.2) is 4.98 Å². The molecule has 3 rings (SSSR count). The summed E-state index contributed by atoms with van der Waals surface area (Å²) in [6, 6.07) is 7.40. The minimum absolute atomic E-state index is 0.396. The van der Waals surface area contributed by atoms with Crippen LogP contribution in [0.25, 0.3) is 5.65 Å². The molecule has 18 heavy (non-hydrogen) atoms. The zero-order chi connectivity index (χ0) is 12.4. The van der Waals surface area contributed by atoms with Crippen LogP contribution in [0.1, 0.15) is 5.69 Å². The minimum Gasteiger partial charge on any atom is -0.486 e. The first-order valence-corrected chi connectivity index (χ1v) is 5.58. The van der Waals surface area contributed by atoms with E-state index in [0.29, 0.717) is 12.3 Å². The fourth-order valence-electron chi connectivity index (χ4n) is 1.74. The van der Waals surface area contributed by atoms with Crippen LogP contribution in [0.4, 0.5) is 5.69 Å². The molecule has 5 nitrogen and oxygen atoms in total. The van der Waals surface area contributed by atoms with Crippen molar-refractivity contribution in [1.29, 1.82) is 0 Å². The zero-order valence-corrected chi connectivity index (χ0v) is 9.65. The lowest BCUT2D eigenvalue weighted by Gasteiger charge is -2.01. The fourth-order valence-corrected chi connectivity index (χ4v) is 1.74. The van der Waals surface area contributed by atoms with Gasteiger partial charge in [0.25, 0.3) is 0 Å². The van der Waals surface area contributed by atoms with Crippen molar-refractivity contribution in [3.8, 4) is 5.75 Å². The van der Waals surface area contributed by atoms with Crippen molar-refractivity contribution in [1.82, 2.24) is 14.4 Å². The predicted octanol–water partition coefficient (Wildman–Crippen LogP) is 1.89. The smallest absolute Gasteiger partial charge is 0.160 e. The van der Waals surface area contributed by atoms with Gasteiger partial charge in [-0.3, -0.25) is 4.98 Å². The van der Waals surface area contributed by atoms with E-state index in [2.05, 4.69) is 9.97 Å². The van der Waals surface area contributed by atoms with Crippen LogP contribution in [0.5, 0.6) is 5.75 Å². The third kappa shape index (κ3) is 1.98. The van der Waals surface area contributed by atoms with Gasteiger partial charge in [-0.2, -0.15) is 0 Å². The molecule has 0 amide bonds. The molecule has 0 aromatic carbocycles. The Morgan fingerprint density at radius 3 is 3.00 bits per heavy atom. The molecule has 0 aliphatic heterocycles. The Morgan fingerprint density at radius 1 is 1.28 bits per heavy atom. The summed E-state index contributed by atoms with van der Waals surface area (Å²) in [5, 5.41) is 0. The Morgan fingerprint density at radius 2 is 2.22 bits per heavy atom. The molecule has 0 radical (unpaired) electrons. The number of imidazole rings is 1. The molecule has 3 heterocycles. The molecule has 3 aromatic rings. The predicted molar refractivity (Wildman–Crippen MR) is 68.2 cm³/mol. The van der Waals surface area contributed by atoms with E-state index < -0.39 is 0 Å². The molecule has 3 aromatic heterocycles. The lowest BCUT2D eigenvalue weighted by atomic mass is 10.4. The van der Waals surface area contributed by atoms with Crippen molar-refractivity contribution in [3.05, 3.63) is 54.7 Å². The molecule has 0 atom stereocenters. The van der Waals surface area contributed by atoms with Gasteiger partial charge in [0.05, 0.1) is 17.6 Å². The van der Waals surface area contributed by atoms with Gasteiger partial charge >= 0.3 is 0 Å². The summed E-state index contributed by atoms with van der Waals surface area (Å²) in [5.41, 5.74) is 8.08. The van der Waals surface area contributed by atoms with E-state index in [4.69, 9.17) is 10.5 Å². The maximum absolute atomic E-state index is 5.84. The van der Waals surface area contributed by atoms with E-state index in [1.807, 2.05) is 41.1 Å². The number of hydrogen-bond acceptors (Lipinski definition) is 4. The lowest BCUT2D eigenvalue weighted by Crippen LogP contribution is -1.95. The zero-order valence-electron chi connectivity index (χ0n) is 9.65. The van der Waals surface area contributed by atoms with Crippen LogP contribution in [0.15, 0.2) is 49.1 Å². The maximum Gasteiger partial charge on any atom is 0.160 e. The molecular weight excluding hydrogens is 228 g/mol. The van der Waals surface area contributed by atoms with E-state index in [0.717, 1.165) is 17.1 Å². The summed E-state index contributed by atoms with van der Waals surface area (Å²) in [7, 11) is 0. The van der Waals surface area contributed by atoms with Crippen molar-refractivity contribution in [2.24, 2.45) is 0 Å². The summed E-state index contributed by atoms with van der Waals surface area (Å²) in [5.74, 6) is 0.725. The quantitative estimate of drug-likeness (QED) is 0.759. The third-order valence-corrected chi connectivity index (χ3v) is 2.58. The van der Waals surface area contributed by atoms with Crippen molar-refractivity contribution < 1.29 is 4.74 Å². The molecule has 0 fully saturated rings. The number of hydrogen-bond donors (Lipinski definition) is 1. The second-order valence-corrected chi connectivity index (χ2v) is 3.90. The highest BCUT2D eigenvalue weighted by Crippen LogP contribution is 2.14. The van der Waals surface area contributed by atoms with Crippen LogP contribution >= 0.6 is 0 Å². The van der Waals surface area contributed by atoms with Crippen LogP contribution in [-0.4, -0.2) is 14.4 Å². The van der Waals surface area contributed by atoms with Gasteiger partial charge in [0.15, 0.2) is 5.65 Å². The normalized spacial score (nSPS) is 10.7. The van der Waals surface area contributed by atoms with Gasteiger partial charge in [-0.1, -0.05) is 0 Å². The molecule has 0 saturated heterocycles. The molecule has 0 unspecified atom stereocenters. The second-order valence-electron chi connectivity index (χ2n) is 3.90. The molecule has 0 spiro atoms. The molecule has 0 bridgehead atoms. The molecular formula is C13H12N4O. The highest BCUT2D eigenvalue weighted by atomic mass is 16.5. The van der Waals surface area contributed by atoms with E-state index >= 15 is 0 Å². The molecule has 5 heteroatoms. The van der Waals surface area contributed by atoms with Crippen LogP contribution in [-0.2, 0) is 6.61 Å². The van der Waals surface area contributed by atoms with Gasteiger partial charge in [0.2, 0.25) is 0 Å². The minimum atomic E-state index is 0.396. The topological polar surface area (TPSA) is 65.4 Å². The first-order valence-electron chi connectivity index (χ1n) is 5.58. The van der Waals surface area contributed by atoms with Gasteiger partial charge < -0.3 is 14.9 Å². The van der Waals surface area contributed by atoms with E-state index in [-0.39, 0.29) is 0 Å². The Labute approximate surface area is 104 Å². The average Bonchev–Trinajstić information content (AvgIpc) is 2.82. The number of fused-ring (bicyclic) bond motifs is 1. The summed E-state index contributed by atoms with van der Waals surface area (Å²) < 4.78 is 7.47. The summed E-state index contributed by atoms with van der Waals surface area (Å²) in [6.45, 7) is 0.396. The highest BCUT2D eigenvalue weighted by Gasteiger charge is 2.04. The van der Waals surface area contributed by atoms with Gasteiger partial charge in [0.1, 0.15) is 12.4 Å². The van der Waals surface area contributed by atoms with Gasteiger partial charge in [-0.05, 0) is 24.3 Å². The standard InChI is InChI=1S/C13H12N4O/c14-12-4-2-6-17-8-10(16-13(12)17)9-18-11-3-1-5-15-7-11/h1-8H,9,14H2. The Kier molecular flexibility index (Phi) is 2.57. The number of nitrogens with two attached hydrogens (primary N) is 1. The highest BCUT2D eigenvalue weighted by molar-refractivity contribution is 5.64. The maximum atomic E-state index is 5.84. The second kappa shape index (κ2) is 4.37. The monoisotopic (exact) mass is 240 g/mol. The SMILES string of the molecule is Nc1cccn2cc(COc3cccnc3)nc12. The lowest BCUT2D eigenvalue weighted by molar-refractivity contribution is 0.301. The molecule has 0 aliphatic carbocycles. The fraction of sp³-hybridized carbons (Fsp3) is 0.0769. The third-order valence-electron chi connectivity index (χ3n) is 2.58. The first-order chi connectivity index (χ1) is 8.83. The number of aromatic nitrogens is 3. The molecule has 0 aliphatic rings. The van der Waals surface area contributed by atoms with Gasteiger partial charge in [-0.15, -0.1) is 0 Å². The number of anilines is 1. The van der Waals surface area contributed by atoms with Crippen LogP contribution < -0.4 is 10.5 Å². The largest absolute Gasteiger partial charge is 0.486 e. The Hall–Kier alpha value is -2.56. The van der Waals surface area contributed by atoms with Crippen molar-refractivity contribution in [2.45, 2.75) is 6.61 Å². The molecule has 0 saturated carbocycles. The Bertz CT molecular complexity index is 663. The number of ether oxygens (including phenoxy) is 1. The molecule has 2 N–H and O–H groups in total. The Balaban J connectivity index is 1.81. The average molecular weight is 240 g/mol. The van der Waals surface area contributed by atoms with Crippen molar-refractivity contribution >= 4 is 11.3 Å². The first kappa shape index (κ1) is 10.6. The van der Waals surface area contributed by atoms with Crippen molar-refractivity contribution in [2.75, 3.05) is 5.73 Å². The summed E-state index contributed by atoms with van der Waals surface area (Å²) >= 11 is 0. The van der Waals surface area contributed by atoms with Crippen molar-refractivity contribution in [3.63, 3.8) is 0 Å². The van der Waals surface area contributed by atoms with Gasteiger partial charge in [0, 0.05) is 18.6 Å². The number of nitrogen functional groups attached to an aromatic ring is 1. The van der Waals surface area contributed by atoms with Crippen LogP contribution in [0, 0.1) is 0 Å². The number of rotatable bonds is 3. The summed E-state index contributed by atoms with van der Waals surface area (Å²) in [4.78, 5) is 8.40. The van der Waals surface area contributed by atoms with Crippen LogP contribution in [0.3, 0.4) is 0 Å². The van der Waals surface area contributed by atoms with Crippen LogP contribution in [0.2, 0.25) is 0 Å². The summed E-state index contributed by atoms with van der Waals surface area (Å²) in [6.07, 6.45) is 7.19. The number of pyridine rings is 2.